The Morgan fingerprint density at radius 2 is 2.32 bits per heavy atom. The number of benzene rings is 1. The summed E-state index contributed by atoms with van der Waals surface area (Å²) in [5, 5.41) is 0. The maximum atomic E-state index is 5.94. The fraction of sp³-hybridized carbons (Fsp3) is 0.467. The molecule has 104 valence electrons. The van der Waals surface area contributed by atoms with Crippen LogP contribution in [0.2, 0.25) is 0 Å². The second-order valence-electron chi connectivity index (χ2n) is 4.51. The van der Waals surface area contributed by atoms with E-state index in [0.29, 0.717) is 13.2 Å². The quantitative estimate of drug-likeness (QED) is 0.885. The molecule has 0 spiro atoms. The van der Waals surface area contributed by atoms with Gasteiger partial charge in [0.05, 0.1) is 13.7 Å². The van der Waals surface area contributed by atoms with Gasteiger partial charge in [-0.1, -0.05) is 18.2 Å². The van der Waals surface area contributed by atoms with Crippen LogP contribution in [-0.4, -0.2) is 33.0 Å². The van der Waals surface area contributed by atoms with Crippen molar-refractivity contribution >= 4 is 6.08 Å². The predicted octanol–water partition coefficient (Wildman–Crippen LogP) is 2.22. The number of nitrogens with two attached hydrogens (primary N) is 1. The topological polar surface area (TPSA) is 53.7 Å². The lowest BCUT2D eigenvalue weighted by molar-refractivity contribution is 0.00644. The lowest BCUT2D eigenvalue weighted by Crippen LogP contribution is -2.28. The highest BCUT2D eigenvalue weighted by Crippen LogP contribution is 2.30. The summed E-state index contributed by atoms with van der Waals surface area (Å²) in [6.45, 7) is 2.01. The molecule has 0 amide bonds. The third-order valence-electron chi connectivity index (χ3n) is 3.05. The van der Waals surface area contributed by atoms with E-state index in [1.807, 2.05) is 30.4 Å². The molecule has 1 saturated heterocycles. The molecular weight excluding hydrogens is 242 g/mol. The van der Waals surface area contributed by atoms with E-state index in [2.05, 4.69) is 0 Å². The second-order valence-corrected chi connectivity index (χ2v) is 4.51. The van der Waals surface area contributed by atoms with E-state index >= 15 is 0 Å². The summed E-state index contributed by atoms with van der Waals surface area (Å²) in [5.41, 5.74) is 6.49. The van der Waals surface area contributed by atoms with Crippen molar-refractivity contribution in [3.05, 3.63) is 29.8 Å². The first kappa shape index (κ1) is 13.9. The molecule has 1 aliphatic rings. The molecular formula is C15H21NO3. The number of ether oxygens (including phenoxy) is 3. The molecule has 2 N–H and O–H groups in total. The Labute approximate surface area is 114 Å². The lowest BCUT2D eigenvalue weighted by atomic mass is 10.1. The van der Waals surface area contributed by atoms with Crippen molar-refractivity contribution in [1.29, 1.82) is 0 Å². The third-order valence-corrected chi connectivity index (χ3v) is 3.05. The molecule has 1 heterocycles. The van der Waals surface area contributed by atoms with Crippen LogP contribution in [0.25, 0.3) is 6.08 Å². The molecule has 0 saturated carbocycles. The van der Waals surface area contributed by atoms with Crippen LogP contribution in [0.5, 0.6) is 11.5 Å². The monoisotopic (exact) mass is 263 g/mol. The highest BCUT2D eigenvalue weighted by atomic mass is 16.5. The zero-order chi connectivity index (χ0) is 13.5. The van der Waals surface area contributed by atoms with Crippen LogP contribution in [0, 0.1) is 0 Å². The second kappa shape index (κ2) is 7.16. The first-order chi connectivity index (χ1) is 9.33. The predicted molar refractivity (Wildman–Crippen MR) is 75.6 cm³/mol. The molecule has 0 radical (unpaired) electrons. The fourth-order valence-corrected chi connectivity index (χ4v) is 2.07. The zero-order valence-corrected chi connectivity index (χ0v) is 11.3. The molecule has 19 heavy (non-hydrogen) atoms. The van der Waals surface area contributed by atoms with Crippen molar-refractivity contribution in [2.75, 3.05) is 26.9 Å². The Kier molecular flexibility index (Phi) is 5.24. The van der Waals surface area contributed by atoms with Gasteiger partial charge in [-0.2, -0.15) is 0 Å². The standard InChI is InChI=1S/C15H21NO3/c1-17-15-10-12(4-2-8-16)6-7-14(15)19-13-5-3-9-18-11-13/h2,4,6-7,10,13H,3,5,8-9,11,16H2,1H3/b4-2+. The molecule has 1 atom stereocenters. The summed E-state index contributed by atoms with van der Waals surface area (Å²) >= 11 is 0. The number of methoxy groups -OCH3 is 1. The van der Waals surface area contributed by atoms with E-state index in [9.17, 15) is 0 Å². The summed E-state index contributed by atoms with van der Waals surface area (Å²) < 4.78 is 16.7. The van der Waals surface area contributed by atoms with Gasteiger partial charge in [0, 0.05) is 13.2 Å². The van der Waals surface area contributed by atoms with E-state index < -0.39 is 0 Å². The van der Waals surface area contributed by atoms with Crippen molar-refractivity contribution < 1.29 is 14.2 Å². The molecule has 4 nitrogen and oxygen atoms in total. The molecule has 0 aromatic heterocycles. The van der Waals surface area contributed by atoms with E-state index in [-0.39, 0.29) is 6.10 Å². The summed E-state index contributed by atoms with van der Waals surface area (Å²) in [6, 6.07) is 5.88. The average molecular weight is 263 g/mol. The smallest absolute Gasteiger partial charge is 0.161 e. The van der Waals surface area contributed by atoms with Crippen LogP contribution in [0.4, 0.5) is 0 Å². The Morgan fingerprint density at radius 3 is 3.00 bits per heavy atom. The van der Waals surface area contributed by atoms with E-state index in [4.69, 9.17) is 19.9 Å². The fourth-order valence-electron chi connectivity index (χ4n) is 2.07. The molecule has 1 aliphatic heterocycles. The number of rotatable bonds is 5. The van der Waals surface area contributed by atoms with E-state index in [0.717, 1.165) is 36.5 Å². The van der Waals surface area contributed by atoms with E-state index in [1.54, 1.807) is 7.11 Å². The van der Waals surface area contributed by atoms with Gasteiger partial charge in [0.2, 0.25) is 0 Å². The molecule has 1 unspecified atom stereocenters. The van der Waals surface area contributed by atoms with Gasteiger partial charge in [-0.05, 0) is 30.5 Å². The average Bonchev–Trinajstić information content (AvgIpc) is 2.47. The summed E-state index contributed by atoms with van der Waals surface area (Å²) in [4.78, 5) is 0. The van der Waals surface area contributed by atoms with Gasteiger partial charge in [-0.15, -0.1) is 0 Å². The largest absolute Gasteiger partial charge is 0.493 e. The Morgan fingerprint density at radius 1 is 1.42 bits per heavy atom. The van der Waals surface area contributed by atoms with Gasteiger partial charge in [-0.3, -0.25) is 0 Å². The molecule has 4 heteroatoms. The van der Waals surface area contributed by atoms with Crippen molar-refractivity contribution in [2.45, 2.75) is 18.9 Å². The van der Waals surface area contributed by atoms with Crippen molar-refractivity contribution in [3.63, 3.8) is 0 Å². The molecule has 0 aliphatic carbocycles. The van der Waals surface area contributed by atoms with Crippen molar-refractivity contribution in [1.82, 2.24) is 0 Å². The van der Waals surface area contributed by atoms with Crippen molar-refractivity contribution in [3.8, 4) is 11.5 Å². The Balaban J connectivity index is 2.08. The molecule has 1 aromatic rings. The Bertz CT molecular complexity index is 425. The maximum Gasteiger partial charge on any atom is 0.161 e. The zero-order valence-electron chi connectivity index (χ0n) is 11.3. The minimum absolute atomic E-state index is 0.119. The van der Waals surface area contributed by atoms with Crippen LogP contribution in [0.3, 0.4) is 0 Å². The van der Waals surface area contributed by atoms with Crippen LogP contribution in [0.15, 0.2) is 24.3 Å². The normalized spacial score (nSPS) is 19.6. The van der Waals surface area contributed by atoms with Crippen LogP contribution >= 0.6 is 0 Å². The van der Waals surface area contributed by atoms with Crippen LogP contribution < -0.4 is 15.2 Å². The molecule has 0 bridgehead atoms. The minimum Gasteiger partial charge on any atom is -0.493 e. The third kappa shape index (κ3) is 3.98. The SMILES string of the molecule is COc1cc(/C=C/CN)ccc1OC1CCCOC1. The summed E-state index contributed by atoms with van der Waals surface area (Å²) in [7, 11) is 1.65. The first-order valence-electron chi connectivity index (χ1n) is 6.62. The van der Waals surface area contributed by atoms with Gasteiger partial charge in [0.15, 0.2) is 11.5 Å². The maximum absolute atomic E-state index is 5.94. The highest BCUT2D eigenvalue weighted by molar-refractivity contribution is 5.56. The van der Waals surface area contributed by atoms with E-state index in [1.165, 1.54) is 0 Å². The van der Waals surface area contributed by atoms with Crippen LogP contribution in [-0.2, 0) is 4.74 Å². The number of hydrogen-bond acceptors (Lipinski definition) is 4. The van der Waals surface area contributed by atoms with Gasteiger partial charge in [0.25, 0.3) is 0 Å². The highest BCUT2D eigenvalue weighted by Gasteiger charge is 2.17. The van der Waals surface area contributed by atoms with Crippen molar-refractivity contribution in [2.24, 2.45) is 5.73 Å². The van der Waals surface area contributed by atoms with Gasteiger partial charge in [0.1, 0.15) is 6.10 Å². The summed E-state index contributed by atoms with van der Waals surface area (Å²) in [6.07, 6.45) is 6.07. The molecule has 1 aromatic carbocycles. The Hall–Kier alpha value is -1.52. The van der Waals surface area contributed by atoms with Gasteiger partial charge < -0.3 is 19.9 Å². The van der Waals surface area contributed by atoms with Crippen LogP contribution in [0.1, 0.15) is 18.4 Å². The summed E-state index contributed by atoms with van der Waals surface area (Å²) in [5.74, 6) is 1.51. The first-order valence-corrected chi connectivity index (χ1v) is 6.62. The minimum atomic E-state index is 0.119. The van der Waals surface area contributed by atoms with Gasteiger partial charge >= 0.3 is 0 Å². The molecule has 1 fully saturated rings. The lowest BCUT2D eigenvalue weighted by Gasteiger charge is -2.24. The van der Waals surface area contributed by atoms with Gasteiger partial charge in [-0.25, -0.2) is 0 Å². The molecule has 2 rings (SSSR count). The number of hydrogen-bond donors (Lipinski definition) is 1.